The number of hydrogen-bond donors (Lipinski definition) is 1. The molecule has 2 aromatic carbocycles. The molecule has 0 saturated heterocycles. The minimum Gasteiger partial charge on any atom is -0.319 e. The van der Waals surface area contributed by atoms with E-state index in [-0.39, 0.29) is 0 Å². The van der Waals surface area contributed by atoms with Crippen molar-refractivity contribution in [2.45, 2.75) is 33.1 Å². The fraction of sp³-hybridized carbons (Fsp3) is 0.185. The topological polar surface area (TPSA) is 50.6 Å². The summed E-state index contributed by atoms with van der Waals surface area (Å²) < 4.78 is 1.78. The highest BCUT2D eigenvalue weighted by atomic mass is 16.2. The van der Waals surface area contributed by atoms with Gasteiger partial charge in [-0.25, -0.2) is 0 Å². The quantitative estimate of drug-likeness (QED) is 0.297. The molecule has 0 spiro atoms. The van der Waals surface area contributed by atoms with Gasteiger partial charge in [0.15, 0.2) is 0 Å². The first-order chi connectivity index (χ1) is 15.1. The largest absolute Gasteiger partial charge is 0.319 e. The number of carbonyl (C=O) groups is 2. The summed E-state index contributed by atoms with van der Waals surface area (Å²) in [5.74, 6) is -1.20. The lowest BCUT2D eigenvalue weighted by molar-refractivity contribution is -0.112. The zero-order chi connectivity index (χ0) is 21.8. The van der Waals surface area contributed by atoms with Crippen molar-refractivity contribution in [3.8, 4) is 11.1 Å². The number of nitrogens with zero attached hydrogens (tertiary/aromatic N) is 1. The molecular formula is C27H26N2O2. The van der Waals surface area contributed by atoms with Gasteiger partial charge >= 0.3 is 0 Å². The van der Waals surface area contributed by atoms with E-state index in [9.17, 15) is 9.59 Å². The van der Waals surface area contributed by atoms with E-state index in [1.54, 1.807) is 4.40 Å². The third kappa shape index (κ3) is 4.43. The first-order valence-electron chi connectivity index (χ1n) is 10.7. The second kappa shape index (κ2) is 9.00. The van der Waals surface area contributed by atoms with Crippen molar-refractivity contribution in [3.63, 3.8) is 0 Å². The highest BCUT2D eigenvalue weighted by Gasteiger charge is 2.24. The Morgan fingerprint density at radius 1 is 0.935 bits per heavy atom. The number of carbonyl (C=O) groups excluding carboxylic acids is 2. The van der Waals surface area contributed by atoms with Crippen molar-refractivity contribution in [1.82, 2.24) is 4.40 Å². The second-order valence-corrected chi connectivity index (χ2v) is 7.85. The Morgan fingerprint density at radius 2 is 1.68 bits per heavy atom. The smallest absolute Gasteiger partial charge is 0.298 e. The number of amides is 1. The monoisotopic (exact) mass is 410 g/mol. The average Bonchev–Trinajstić information content (AvgIpc) is 3.18. The third-order valence-corrected chi connectivity index (χ3v) is 5.49. The molecule has 0 bridgehead atoms. The van der Waals surface area contributed by atoms with Gasteiger partial charge in [-0.3, -0.25) is 9.59 Å². The van der Waals surface area contributed by atoms with Crippen LogP contribution < -0.4 is 5.32 Å². The maximum absolute atomic E-state index is 13.3. The van der Waals surface area contributed by atoms with Crippen molar-refractivity contribution in [2.75, 3.05) is 5.32 Å². The molecular weight excluding hydrogens is 384 g/mol. The first-order valence-corrected chi connectivity index (χ1v) is 10.7. The number of aryl methyl sites for hydroxylation is 2. The van der Waals surface area contributed by atoms with Gasteiger partial charge < -0.3 is 9.72 Å². The number of nitrogens with one attached hydrogen (secondary N) is 1. The normalized spacial score (nSPS) is 10.9. The van der Waals surface area contributed by atoms with E-state index in [0.29, 0.717) is 11.4 Å². The highest BCUT2D eigenvalue weighted by molar-refractivity contribution is 6.47. The van der Waals surface area contributed by atoms with Crippen molar-refractivity contribution < 1.29 is 9.59 Å². The number of benzene rings is 2. The van der Waals surface area contributed by atoms with Crippen LogP contribution >= 0.6 is 0 Å². The molecule has 0 fully saturated rings. The molecule has 0 unspecified atom stereocenters. The molecule has 4 aromatic rings. The summed E-state index contributed by atoms with van der Waals surface area (Å²) in [6, 6.07) is 23.3. The fourth-order valence-electron chi connectivity index (χ4n) is 3.74. The van der Waals surface area contributed by atoms with E-state index in [0.717, 1.165) is 41.5 Å². The Kier molecular flexibility index (Phi) is 5.99. The van der Waals surface area contributed by atoms with Gasteiger partial charge in [0, 0.05) is 23.0 Å². The standard InChI is InChI=1S/C27H26N2O2/c1-3-4-7-20-11-15-22(16-12-20)28-27(31)26(30)25-24(21-13-9-19(2)10-14-21)18-23-8-5-6-17-29(23)25/h5-6,8-18H,3-4,7H2,1-2H3,(H,28,31). The lowest BCUT2D eigenvalue weighted by Gasteiger charge is -2.09. The maximum Gasteiger partial charge on any atom is 0.298 e. The van der Waals surface area contributed by atoms with Crippen LogP contribution in [0.25, 0.3) is 16.6 Å². The Bertz CT molecular complexity index is 1220. The van der Waals surface area contributed by atoms with Gasteiger partial charge in [0.25, 0.3) is 11.7 Å². The summed E-state index contributed by atoms with van der Waals surface area (Å²) in [6.07, 6.45) is 5.10. The summed E-state index contributed by atoms with van der Waals surface area (Å²) in [6.45, 7) is 4.18. The van der Waals surface area contributed by atoms with E-state index in [4.69, 9.17) is 0 Å². The lowest BCUT2D eigenvalue weighted by atomic mass is 10.0. The van der Waals surface area contributed by atoms with Gasteiger partial charge in [-0.1, -0.05) is 61.4 Å². The summed E-state index contributed by atoms with van der Waals surface area (Å²) >= 11 is 0. The molecule has 2 aromatic heterocycles. The Hall–Kier alpha value is -3.66. The molecule has 0 atom stereocenters. The number of Topliss-reactive ketones (excluding diaryl/α,β-unsaturated/α-hetero) is 1. The second-order valence-electron chi connectivity index (χ2n) is 7.85. The predicted octanol–water partition coefficient (Wildman–Crippen LogP) is 6.08. The first kappa shape index (κ1) is 20.6. The Balaban J connectivity index is 1.64. The van der Waals surface area contributed by atoms with E-state index in [1.807, 2.05) is 85.9 Å². The molecule has 0 radical (unpaired) electrons. The zero-order valence-corrected chi connectivity index (χ0v) is 17.9. The molecule has 1 N–H and O–H groups in total. The van der Waals surface area contributed by atoms with Crippen LogP contribution in [0, 0.1) is 6.92 Å². The van der Waals surface area contributed by atoms with Crippen LogP contribution in [0.3, 0.4) is 0 Å². The maximum atomic E-state index is 13.3. The minimum atomic E-state index is -0.640. The summed E-state index contributed by atoms with van der Waals surface area (Å²) in [5, 5.41) is 2.76. The van der Waals surface area contributed by atoms with Crippen molar-refractivity contribution >= 4 is 22.9 Å². The van der Waals surface area contributed by atoms with Crippen molar-refractivity contribution in [2.24, 2.45) is 0 Å². The number of hydrogen-bond acceptors (Lipinski definition) is 2. The van der Waals surface area contributed by atoms with E-state index in [2.05, 4.69) is 12.2 Å². The van der Waals surface area contributed by atoms with Crippen molar-refractivity contribution in [1.29, 1.82) is 0 Å². The lowest BCUT2D eigenvalue weighted by Crippen LogP contribution is -2.24. The van der Waals surface area contributed by atoms with Gasteiger partial charge in [0.1, 0.15) is 5.69 Å². The van der Waals surface area contributed by atoms with Gasteiger partial charge in [-0.15, -0.1) is 0 Å². The molecule has 156 valence electrons. The molecule has 4 rings (SSSR count). The van der Waals surface area contributed by atoms with Gasteiger partial charge in [0.05, 0.1) is 0 Å². The molecule has 4 nitrogen and oxygen atoms in total. The highest BCUT2D eigenvalue weighted by Crippen LogP contribution is 2.29. The molecule has 0 aliphatic carbocycles. The number of fused-ring (bicyclic) bond motifs is 1. The van der Waals surface area contributed by atoms with E-state index < -0.39 is 11.7 Å². The fourth-order valence-corrected chi connectivity index (χ4v) is 3.74. The van der Waals surface area contributed by atoms with Crippen LogP contribution in [0.2, 0.25) is 0 Å². The number of aromatic nitrogens is 1. The van der Waals surface area contributed by atoms with E-state index in [1.165, 1.54) is 5.56 Å². The van der Waals surface area contributed by atoms with Gasteiger partial charge in [-0.05, 0) is 61.2 Å². The number of unbranched alkanes of at least 4 members (excludes halogenated alkanes) is 1. The van der Waals surface area contributed by atoms with Crippen LogP contribution in [0.15, 0.2) is 79.0 Å². The predicted molar refractivity (Wildman–Crippen MR) is 126 cm³/mol. The number of ketones is 1. The van der Waals surface area contributed by atoms with Crippen LogP contribution in [0.4, 0.5) is 5.69 Å². The SMILES string of the molecule is CCCCc1ccc(NC(=O)C(=O)c2c(-c3ccc(C)cc3)cc3ccccn23)cc1. The van der Waals surface area contributed by atoms with Crippen LogP contribution in [-0.4, -0.2) is 16.1 Å². The average molecular weight is 411 g/mol. The molecule has 31 heavy (non-hydrogen) atoms. The summed E-state index contributed by atoms with van der Waals surface area (Å²) in [5.41, 5.74) is 5.89. The number of rotatable bonds is 7. The molecule has 0 aliphatic heterocycles. The third-order valence-electron chi connectivity index (χ3n) is 5.49. The summed E-state index contributed by atoms with van der Waals surface area (Å²) in [4.78, 5) is 26.1. The number of anilines is 1. The van der Waals surface area contributed by atoms with Crippen molar-refractivity contribution in [3.05, 3.63) is 95.8 Å². The van der Waals surface area contributed by atoms with Gasteiger partial charge in [0.2, 0.25) is 0 Å². The van der Waals surface area contributed by atoms with Gasteiger partial charge in [-0.2, -0.15) is 0 Å². The Morgan fingerprint density at radius 3 is 2.39 bits per heavy atom. The molecule has 2 heterocycles. The molecule has 0 aliphatic rings. The van der Waals surface area contributed by atoms with E-state index >= 15 is 0 Å². The molecule has 0 saturated carbocycles. The number of pyridine rings is 1. The molecule has 1 amide bonds. The van der Waals surface area contributed by atoms with Crippen LogP contribution in [0.1, 0.15) is 41.4 Å². The molecule has 4 heteroatoms. The minimum absolute atomic E-state index is 0.372. The zero-order valence-electron chi connectivity index (χ0n) is 17.9. The van der Waals surface area contributed by atoms with Crippen LogP contribution in [0.5, 0.6) is 0 Å². The Labute approximate surface area is 182 Å². The summed E-state index contributed by atoms with van der Waals surface area (Å²) in [7, 11) is 0. The van der Waals surface area contributed by atoms with Crippen LogP contribution in [-0.2, 0) is 11.2 Å².